The first kappa shape index (κ1) is 11.7. The van der Waals surface area contributed by atoms with Crippen molar-refractivity contribution in [1.29, 1.82) is 0 Å². The molecule has 0 fully saturated rings. The molecule has 5 nitrogen and oxygen atoms in total. The van der Waals surface area contributed by atoms with Gasteiger partial charge in [0.1, 0.15) is 5.75 Å². The lowest BCUT2D eigenvalue weighted by molar-refractivity contribution is 0.160. The van der Waals surface area contributed by atoms with Gasteiger partial charge in [-0.2, -0.15) is 0 Å². The van der Waals surface area contributed by atoms with E-state index in [0.717, 1.165) is 0 Å². The van der Waals surface area contributed by atoms with Crippen LogP contribution in [0.15, 0.2) is 12.3 Å². The van der Waals surface area contributed by atoms with Crippen LogP contribution < -0.4 is 15.2 Å². The van der Waals surface area contributed by atoms with Crippen LogP contribution in [0.4, 0.5) is 0 Å². The van der Waals surface area contributed by atoms with Crippen LogP contribution >= 0.6 is 0 Å². The lowest BCUT2D eigenvalue weighted by Crippen LogP contribution is -2.10. The molecule has 0 saturated heterocycles. The molecule has 5 heteroatoms. The molecule has 84 valence electrons. The Morgan fingerprint density at radius 1 is 1.47 bits per heavy atom. The lowest BCUT2D eigenvalue weighted by atomic mass is 10.1. The third kappa shape index (κ3) is 2.57. The Bertz CT molecular complexity index is 295. The van der Waals surface area contributed by atoms with Crippen molar-refractivity contribution >= 4 is 0 Å². The summed E-state index contributed by atoms with van der Waals surface area (Å²) in [4.78, 5) is 4.01. The van der Waals surface area contributed by atoms with E-state index in [-0.39, 0.29) is 0 Å². The van der Waals surface area contributed by atoms with Gasteiger partial charge in [-0.3, -0.25) is 0 Å². The van der Waals surface area contributed by atoms with Gasteiger partial charge in [0.25, 0.3) is 0 Å². The van der Waals surface area contributed by atoms with Crippen LogP contribution in [0.25, 0.3) is 0 Å². The summed E-state index contributed by atoms with van der Waals surface area (Å²) in [6.07, 6.45) is 1.29. The Morgan fingerprint density at radius 3 is 2.73 bits per heavy atom. The van der Waals surface area contributed by atoms with Crippen molar-refractivity contribution in [3.05, 3.63) is 17.8 Å². The first-order chi connectivity index (χ1) is 7.24. The second-order valence-electron chi connectivity index (χ2n) is 3.03. The molecule has 0 unspecified atom stereocenters. The minimum absolute atomic E-state index is 0.371. The highest BCUT2D eigenvalue weighted by Crippen LogP contribution is 2.33. The standard InChI is InChI=1S/C10H16N2O3/c1-14-8-4-6-12-10(15-2)9(8)7(13)3-5-11/h4,6-7,13H,3,5,11H2,1-2H3/t7-/m1/s1. The molecule has 0 aliphatic heterocycles. The molecule has 0 spiro atoms. The maximum absolute atomic E-state index is 9.86. The highest BCUT2D eigenvalue weighted by molar-refractivity contribution is 5.41. The summed E-state index contributed by atoms with van der Waals surface area (Å²) in [7, 11) is 3.04. The number of hydrogen-bond donors (Lipinski definition) is 2. The SMILES string of the molecule is COc1ccnc(OC)c1[C@H](O)CCN. The van der Waals surface area contributed by atoms with Crippen molar-refractivity contribution in [2.24, 2.45) is 5.73 Å². The van der Waals surface area contributed by atoms with E-state index in [1.54, 1.807) is 12.3 Å². The van der Waals surface area contributed by atoms with Crippen LogP contribution in [0.2, 0.25) is 0 Å². The first-order valence-corrected chi connectivity index (χ1v) is 4.69. The van der Waals surface area contributed by atoms with Gasteiger partial charge in [0, 0.05) is 6.20 Å². The minimum Gasteiger partial charge on any atom is -0.496 e. The quantitative estimate of drug-likeness (QED) is 0.742. The van der Waals surface area contributed by atoms with E-state index in [9.17, 15) is 5.11 Å². The highest BCUT2D eigenvalue weighted by Gasteiger charge is 2.18. The molecule has 0 aromatic carbocycles. The van der Waals surface area contributed by atoms with E-state index in [0.29, 0.717) is 30.2 Å². The predicted molar refractivity (Wildman–Crippen MR) is 56.0 cm³/mol. The van der Waals surface area contributed by atoms with Gasteiger partial charge in [0.2, 0.25) is 5.88 Å². The van der Waals surface area contributed by atoms with E-state index in [2.05, 4.69) is 4.98 Å². The molecule has 1 aromatic heterocycles. The molecule has 1 aromatic rings. The number of nitrogens with two attached hydrogens (primary N) is 1. The normalized spacial score (nSPS) is 12.3. The average molecular weight is 212 g/mol. The molecule has 0 aliphatic carbocycles. The third-order valence-electron chi connectivity index (χ3n) is 2.10. The van der Waals surface area contributed by atoms with E-state index in [1.807, 2.05) is 0 Å². The van der Waals surface area contributed by atoms with Crippen molar-refractivity contribution in [1.82, 2.24) is 4.98 Å². The average Bonchev–Trinajstić information content (AvgIpc) is 2.28. The number of hydrogen-bond acceptors (Lipinski definition) is 5. The molecule has 0 radical (unpaired) electrons. The lowest BCUT2D eigenvalue weighted by Gasteiger charge is -2.16. The van der Waals surface area contributed by atoms with Crippen LogP contribution in [0.5, 0.6) is 11.6 Å². The molecule has 3 N–H and O–H groups in total. The molecule has 15 heavy (non-hydrogen) atoms. The van der Waals surface area contributed by atoms with E-state index >= 15 is 0 Å². The zero-order valence-electron chi connectivity index (χ0n) is 8.93. The second kappa shape index (κ2) is 5.53. The fourth-order valence-electron chi connectivity index (χ4n) is 1.39. The number of pyridine rings is 1. The minimum atomic E-state index is -0.714. The van der Waals surface area contributed by atoms with E-state index < -0.39 is 6.10 Å². The summed E-state index contributed by atoms with van der Waals surface area (Å²) in [5.41, 5.74) is 5.94. The molecule has 1 rings (SSSR count). The monoisotopic (exact) mass is 212 g/mol. The highest BCUT2D eigenvalue weighted by atomic mass is 16.5. The van der Waals surface area contributed by atoms with Crippen LogP contribution in [0.1, 0.15) is 18.1 Å². The number of aromatic nitrogens is 1. The fraction of sp³-hybridized carbons (Fsp3) is 0.500. The number of methoxy groups -OCH3 is 2. The number of rotatable bonds is 5. The van der Waals surface area contributed by atoms with Crippen molar-refractivity contribution in [3.63, 3.8) is 0 Å². The van der Waals surface area contributed by atoms with Gasteiger partial charge in [0.15, 0.2) is 0 Å². The van der Waals surface area contributed by atoms with Crippen molar-refractivity contribution in [2.45, 2.75) is 12.5 Å². The van der Waals surface area contributed by atoms with Gasteiger partial charge < -0.3 is 20.3 Å². The molecule has 0 aliphatic rings. The summed E-state index contributed by atoms with van der Waals surface area (Å²) in [6.45, 7) is 0.391. The zero-order valence-corrected chi connectivity index (χ0v) is 8.93. The summed E-state index contributed by atoms with van der Waals surface area (Å²) >= 11 is 0. The first-order valence-electron chi connectivity index (χ1n) is 4.69. The molecule has 1 atom stereocenters. The van der Waals surface area contributed by atoms with Gasteiger partial charge in [-0.15, -0.1) is 0 Å². The molecular weight excluding hydrogens is 196 g/mol. The van der Waals surface area contributed by atoms with Gasteiger partial charge in [-0.25, -0.2) is 4.98 Å². The van der Waals surface area contributed by atoms with Crippen LogP contribution in [0, 0.1) is 0 Å². The van der Waals surface area contributed by atoms with Gasteiger partial charge >= 0.3 is 0 Å². The number of aliphatic hydroxyl groups is 1. The molecule has 1 heterocycles. The van der Waals surface area contributed by atoms with Gasteiger partial charge in [-0.05, 0) is 19.0 Å². The van der Waals surface area contributed by atoms with Crippen LogP contribution in [-0.4, -0.2) is 30.9 Å². The Balaban J connectivity index is 3.09. The number of aliphatic hydroxyl groups excluding tert-OH is 1. The Labute approximate surface area is 88.8 Å². The summed E-state index contributed by atoms with van der Waals surface area (Å²) in [5.74, 6) is 0.929. The number of ether oxygens (including phenoxy) is 2. The molecular formula is C10H16N2O3. The van der Waals surface area contributed by atoms with E-state index in [4.69, 9.17) is 15.2 Å². The topological polar surface area (TPSA) is 77.6 Å². The van der Waals surface area contributed by atoms with Crippen molar-refractivity contribution in [2.75, 3.05) is 20.8 Å². The summed E-state index contributed by atoms with van der Waals surface area (Å²) in [5, 5.41) is 9.86. The fourth-order valence-corrected chi connectivity index (χ4v) is 1.39. The third-order valence-corrected chi connectivity index (χ3v) is 2.10. The second-order valence-corrected chi connectivity index (χ2v) is 3.03. The van der Waals surface area contributed by atoms with Gasteiger partial charge in [0.05, 0.1) is 25.9 Å². The maximum Gasteiger partial charge on any atom is 0.222 e. The smallest absolute Gasteiger partial charge is 0.222 e. The Hall–Kier alpha value is -1.33. The number of nitrogens with zero attached hydrogens (tertiary/aromatic N) is 1. The predicted octanol–water partition coefficient (Wildman–Crippen LogP) is 0.481. The maximum atomic E-state index is 9.86. The molecule has 0 amide bonds. The molecule has 0 saturated carbocycles. The Kier molecular flexibility index (Phi) is 4.33. The van der Waals surface area contributed by atoms with Crippen LogP contribution in [0.3, 0.4) is 0 Å². The van der Waals surface area contributed by atoms with Crippen molar-refractivity contribution < 1.29 is 14.6 Å². The largest absolute Gasteiger partial charge is 0.496 e. The van der Waals surface area contributed by atoms with Crippen molar-refractivity contribution in [3.8, 4) is 11.6 Å². The Morgan fingerprint density at radius 2 is 2.20 bits per heavy atom. The van der Waals surface area contributed by atoms with Crippen LogP contribution in [-0.2, 0) is 0 Å². The van der Waals surface area contributed by atoms with Gasteiger partial charge in [-0.1, -0.05) is 0 Å². The summed E-state index contributed by atoms with van der Waals surface area (Å²) < 4.78 is 10.2. The molecule has 0 bridgehead atoms. The summed E-state index contributed by atoms with van der Waals surface area (Å²) in [6, 6.07) is 1.68. The van der Waals surface area contributed by atoms with E-state index in [1.165, 1.54) is 14.2 Å². The zero-order chi connectivity index (χ0) is 11.3.